The highest BCUT2D eigenvalue weighted by Crippen LogP contribution is 2.28. The van der Waals surface area contributed by atoms with Gasteiger partial charge >= 0.3 is 0 Å². The van der Waals surface area contributed by atoms with Gasteiger partial charge in [0, 0.05) is 36.6 Å². The molecule has 1 amide bonds. The summed E-state index contributed by atoms with van der Waals surface area (Å²) in [6.07, 6.45) is 1.51. The molecule has 3 aromatic rings. The summed E-state index contributed by atoms with van der Waals surface area (Å²) in [5, 5.41) is 0. The first kappa shape index (κ1) is 18.9. The molecule has 1 fully saturated rings. The molecule has 1 saturated heterocycles. The Morgan fingerprint density at radius 1 is 1.00 bits per heavy atom. The fourth-order valence-electron chi connectivity index (χ4n) is 3.27. The molecule has 8 heteroatoms. The Labute approximate surface area is 168 Å². The summed E-state index contributed by atoms with van der Waals surface area (Å²) < 4.78 is 32.8. The number of rotatable bonds is 4. The fourth-order valence-corrected chi connectivity index (χ4v) is 6.13. The van der Waals surface area contributed by atoms with E-state index in [4.69, 9.17) is 4.42 Å². The average molecular weight is 417 g/mol. The van der Waals surface area contributed by atoms with Crippen LogP contribution in [0.4, 0.5) is 0 Å². The highest BCUT2D eigenvalue weighted by Gasteiger charge is 2.32. The van der Waals surface area contributed by atoms with Crippen LogP contribution in [0.3, 0.4) is 0 Å². The van der Waals surface area contributed by atoms with E-state index in [1.165, 1.54) is 21.9 Å². The fraction of sp³-hybridized carbons (Fsp3) is 0.250. The minimum absolute atomic E-state index is 0.215. The molecular weight excluding hydrogens is 396 g/mol. The van der Waals surface area contributed by atoms with E-state index >= 15 is 0 Å². The predicted molar refractivity (Wildman–Crippen MR) is 108 cm³/mol. The lowest BCUT2D eigenvalue weighted by Crippen LogP contribution is -2.50. The standard InChI is InChI=1S/C20H20N2O4S2/c1-15-7-8-18(27-15)28(24,25)22-12-10-21(11-13-22)20(23)19-17(9-14-26-19)16-5-3-2-4-6-16/h2-9,14H,10-13H2,1H3. The molecule has 0 saturated carbocycles. The second-order valence-corrected chi connectivity index (χ2v) is 10.0. The van der Waals surface area contributed by atoms with E-state index in [0.717, 1.165) is 16.0 Å². The normalized spacial score (nSPS) is 15.7. The van der Waals surface area contributed by atoms with Crippen LogP contribution in [-0.4, -0.2) is 49.7 Å². The smallest absolute Gasteiger partial charge is 0.290 e. The van der Waals surface area contributed by atoms with E-state index in [0.29, 0.717) is 17.3 Å². The van der Waals surface area contributed by atoms with Gasteiger partial charge in [0.05, 0.1) is 6.26 Å². The predicted octanol–water partition coefficient (Wildman–Crippen LogP) is 3.46. The van der Waals surface area contributed by atoms with Crippen LogP contribution in [0.2, 0.25) is 0 Å². The van der Waals surface area contributed by atoms with Crippen molar-refractivity contribution in [3.63, 3.8) is 0 Å². The van der Waals surface area contributed by atoms with E-state index in [-0.39, 0.29) is 24.8 Å². The van der Waals surface area contributed by atoms with Crippen LogP contribution in [0.1, 0.15) is 15.4 Å². The Bertz CT molecular complexity index is 1080. The minimum atomic E-state index is -3.50. The van der Waals surface area contributed by atoms with Crippen LogP contribution in [0.25, 0.3) is 11.1 Å². The lowest BCUT2D eigenvalue weighted by Gasteiger charge is -2.33. The second kappa shape index (κ2) is 7.54. The third-order valence-corrected chi connectivity index (χ3v) is 8.15. The van der Waals surface area contributed by atoms with Gasteiger partial charge in [-0.2, -0.15) is 4.31 Å². The highest BCUT2D eigenvalue weighted by molar-refractivity contribution is 7.91. The molecule has 1 aliphatic rings. The van der Waals surface area contributed by atoms with Crippen molar-refractivity contribution in [3.05, 3.63) is 65.4 Å². The Hall–Kier alpha value is -2.42. The molecule has 146 valence electrons. The summed E-state index contributed by atoms with van der Waals surface area (Å²) in [4.78, 5) is 15.6. The SMILES string of the molecule is Cc1ccc(S(=O)(=O)N2CCN(C(=O)c3occc3-c3ccccc3)CC2)s1. The quantitative estimate of drug-likeness (QED) is 0.653. The Morgan fingerprint density at radius 3 is 2.36 bits per heavy atom. The summed E-state index contributed by atoms with van der Waals surface area (Å²) in [6, 6.07) is 14.8. The van der Waals surface area contributed by atoms with Crippen molar-refractivity contribution < 1.29 is 17.6 Å². The maximum Gasteiger partial charge on any atom is 0.290 e. The second-order valence-electron chi connectivity index (χ2n) is 6.59. The zero-order valence-electron chi connectivity index (χ0n) is 15.4. The van der Waals surface area contributed by atoms with Crippen molar-refractivity contribution in [2.45, 2.75) is 11.1 Å². The number of thiophene rings is 1. The van der Waals surface area contributed by atoms with Gasteiger partial charge in [0.25, 0.3) is 15.9 Å². The van der Waals surface area contributed by atoms with Gasteiger partial charge in [-0.25, -0.2) is 8.42 Å². The Balaban J connectivity index is 1.48. The number of amides is 1. The van der Waals surface area contributed by atoms with Crippen molar-refractivity contribution in [3.8, 4) is 11.1 Å². The lowest BCUT2D eigenvalue weighted by atomic mass is 10.1. The van der Waals surface area contributed by atoms with E-state index in [2.05, 4.69) is 0 Å². The van der Waals surface area contributed by atoms with Crippen LogP contribution in [0.5, 0.6) is 0 Å². The molecule has 1 aromatic carbocycles. The van der Waals surface area contributed by atoms with Crippen LogP contribution < -0.4 is 0 Å². The first-order chi connectivity index (χ1) is 13.5. The topological polar surface area (TPSA) is 70.8 Å². The molecule has 0 unspecified atom stereocenters. The van der Waals surface area contributed by atoms with E-state index in [9.17, 15) is 13.2 Å². The minimum Gasteiger partial charge on any atom is -0.459 e. The monoisotopic (exact) mass is 416 g/mol. The maximum absolute atomic E-state index is 13.0. The summed E-state index contributed by atoms with van der Waals surface area (Å²) >= 11 is 1.27. The molecule has 6 nitrogen and oxygen atoms in total. The van der Waals surface area contributed by atoms with E-state index < -0.39 is 10.0 Å². The first-order valence-corrected chi connectivity index (χ1v) is 11.2. The number of hydrogen-bond donors (Lipinski definition) is 0. The molecule has 0 atom stereocenters. The lowest BCUT2D eigenvalue weighted by molar-refractivity contribution is 0.0667. The Morgan fingerprint density at radius 2 is 1.71 bits per heavy atom. The molecule has 0 N–H and O–H groups in total. The summed E-state index contributed by atoms with van der Waals surface area (Å²) in [7, 11) is -3.50. The van der Waals surface area contributed by atoms with Gasteiger partial charge in [0.2, 0.25) is 0 Å². The largest absolute Gasteiger partial charge is 0.459 e. The third kappa shape index (κ3) is 3.50. The van der Waals surface area contributed by atoms with Crippen molar-refractivity contribution in [2.75, 3.05) is 26.2 Å². The zero-order valence-corrected chi connectivity index (χ0v) is 17.0. The van der Waals surface area contributed by atoms with Crippen molar-refractivity contribution >= 4 is 27.3 Å². The third-order valence-electron chi connectivity index (χ3n) is 4.78. The molecule has 0 bridgehead atoms. The van der Waals surface area contributed by atoms with Gasteiger partial charge in [0.15, 0.2) is 5.76 Å². The van der Waals surface area contributed by atoms with Gasteiger partial charge in [-0.15, -0.1) is 11.3 Å². The van der Waals surface area contributed by atoms with Crippen molar-refractivity contribution in [2.24, 2.45) is 0 Å². The average Bonchev–Trinajstić information content (AvgIpc) is 3.38. The van der Waals surface area contributed by atoms with Gasteiger partial charge in [-0.1, -0.05) is 30.3 Å². The number of benzene rings is 1. The van der Waals surface area contributed by atoms with Crippen LogP contribution >= 0.6 is 11.3 Å². The van der Waals surface area contributed by atoms with Crippen LogP contribution in [-0.2, 0) is 10.0 Å². The number of nitrogens with zero attached hydrogens (tertiary/aromatic N) is 2. The molecule has 1 aliphatic heterocycles. The van der Waals surface area contributed by atoms with Gasteiger partial charge in [-0.05, 0) is 30.7 Å². The number of piperazine rings is 1. The number of furan rings is 1. The first-order valence-electron chi connectivity index (χ1n) is 8.95. The molecule has 4 rings (SSSR count). The molecule has 0 spiro atoms. The van der Waals surface area contributed by atoms with Crippen molar-refractivity contribution in [1.29, 1.82) is 0 Å². The molecule has 2 aromatic heterocycles. The number of carbonyl (C=O) groups excluding carboxylic acids is 1. The highest BCUT2D eigenvalue weighted by atomic mass is 32.2. The van der Waals surface area contributed by atoms with Crippen LogP contribution in [0, 0.1) is 6.92 Å². The number of aryl methyl sites for hydroxylation is 1. The van der Waals surface area contributed by atoms with Crippen LogP contribution in [0.15, 0.2) is 63.4 Å². The zero-order chi connectivity index (χ0) is 19.7. The Kier molecular flexibility index (Phi) is 5.09. The molecule has 0 radical (unpaired) electrons. The summed E-state index contributed by atoms with van der Waals surface area (Å²) in [5.41, 5.74) is 1.66. The van der Waals surface area contributed by atoms with Gasteiger partial charge in [0.1, 0.15) is 4.21 Å². The summed E-state index contributed by atoms with van der Waals surface area (Å²) in [6.45, 7) is 3.08. The molecule has 3 heterocycles. The molecular formula is C20H20N2O4S2. The number of sulfonamides is 1. The molecule has 0 aliphatic carbocycles. The van der Waals surface area contributed by atoms with Gasteiger partial charge < -0.3 is 9.32 Å². The van der Waals surface area contributed by atoms with E-state index in [1.807, 2.05) is 37.3 Å². The summed E-state index contributed by atoms with van der Waals surface area (Å²) in [5.74, 6) is 0.0734. The van der Waals surface area contributed by atoms with E-state index in [1.54, 1.807) is 23.1 Å². The number of hydrogen-bond acceptors (Lipinski definition) is 5. The maximum atomic E-state index is 13.0. The van der Waals surface area contributed by atoms with Crippen molar-refractivity contribution in [1.82, 2.24) is 9.21 Å². The number of carbonyl (C=O) groups is 1. The van der Waals surface area contributed by atoms with Gasteiger partial charge in [-0.3, -0.25) is 4.79 Å². The molecule has 28 heavy (non-hydrogen) atoms.